The van der Waals surface area contributed by atoms with E-state index in [0.29, 0.717) is 15.8 Å². The van der Waals surface area contributed by atoms with Gasteiger partial charge in [0.25, 0.3) is 0 Å². The highest BCUT2D eigenvalue weighted by Crippen LogP contribution is 2.44. The standard InChI is InChI=1S/C26H22ClFN4S/c1-16-15-18(17(2)31(16)22-12-5-3-9-19(22)27)25-24(21-11-7-8-14-29-21)30-26(33)32(25)23-13-6-4-10-20(23)28/h3-15,24-25H,1-2H3,(H,30,33)/t24-,25+/m0/s1. The molecule has 7 heteroatoms. The molecule has 33 heavy (non-hydrogen) atoms. The SMILES string of the molecule is Cc1cc([C@@H]2[C@H](c3ccccn3)NC(=S)N2c2ccccc2F)c(C)n1-c1ccccc1Cl. The Hall–Kier alpha value is -3.22. The molecule has 0 amide bonds. The van der Waals surface area contributed by atoms with Gasteiger partial charge in [-0.25, -0.2) is 4.39 Å². The molecule has 4 nitrogen and oxygen atoms in total. The molecule has 0 radical (unpaired) electrons. The lowest BCUT2D eigenvalue weighted by atomic mass is 9.96. The van der Waals surface area contributed by atoms with Crippen molar-refractivity contribution in [1.82, 2.24) is 14.9 Å². The summed E-state index contributed by atoms with van der Waals surface area (Å²) in [4.78, 5) is 6.45. The fourth-order valence-electron chi connectivity index (χ4n) is 4.67. The molecule has 0 spiro atoms. The van der Waals surface area contributed by atoms with E-state index in [9.17, 15) is 4.39 Å². The summed E-state index contributed by atoms with van der Waals surface area (Å²) in [5.74, 6) is -0.326. The van der Waals surface area contributed by atoms with Crippen LogP contribution in [0.5, 0.6) is 0 Å². The molecule has 2 aromatic carbocycles. The van der Waals surface area contributed by atoms with E-state index in [1.807, 2.05) is 60.4 Å². The Kier molecular flexibility index (Phi) is 5.64. The van der Waals surface area contributed by atoms with Gasteiger partial charge in [0.15, 0.2) is 5.11 Å². The van der Waals surface area contributed by atoms with E-state index in [0.717, 1.165) is 28.3 Å². The van der Waals surface area contributed by atoms with Crippen LogP contribution in [-0.4, -0.2) is 14.7 Å². The summed E-state index contributed by atoms with van der Waals surface area (Å²) in [6.07, 6.45) is 1.76. The van der Waals surface area contributed by atoms with Crippen molar-refractivity contribution >= 4 is 34.6 Å². The van der Waals surface area contributed by atoms with Gasteiger partial charge >= 0.3 is 0 Å². The minimum atomic E-state index is -0.326. The van der Waals surface area contributed by atoms with Gasteiger partial charge in [-0.05, 0) is 74.1 Å². The van der Waals surface area contributed by atoms with Crippen molar-refractivity contribution in [2.45, 2.75) is 25.9 Å². The number of pyridine rings is 1. The largest absolute Gasteiger partial charge is 0.351 e. The summed E-state index contributed by atoms with van der Waals surface area (Å²) in [6.45, 7) is 4.10. The van der Waals surface area contributed by atoms with Crippen LogP contribution in [0, 0.1) is 19.7 Å². The van der Waals surface area contributed by atoms with E-state index in [4.69, 9.17) is 23.8 Å². The highest BCUT2D eigenvalue weighted by atomic mass is 35.5. The Morgan fingerprint density at radius 2 is 1.67 bits per heavy atom. The highest BCUT2D eigenvalue weighted by Gasteiger charge is 2.43. The summed E-state index contributed by atoms with van der Waals surface area (Å²) in [5, 5.41) is 4.52. The third-order valence-electron chi connectivity index (χ3n) is 6.09. The topological polar surface area (TPSA) is 33.1 Å². The third kappa shape index (κ3) is 3.69. The number of nitrogens with zero attached hydrogens (tertiary/aromatic N) is 3. The predicted octanol–water partition coefficient (Wildman–Crippen LogP) is 6.46. The van der Waals surface area contributed by atoms with Gasteiger partial charge in [0.1, 0.15) is 5.82 Å². The summed E-state index contributed by atoms with van der Waals surface area (Å²) in [7, 11) is 0. The van der Waals surface area contributed by atoms with Crippen molar-refractivity contribution in [2.24, 2.45) is 0 Å². The van der Waals surface area contributed by atoms with Gasteiger partial charge in [-0.3, -0.25) is 4.98 Å². The second-order valence-corrected chi connectivity index (χ2v) is 8.86. The zero-order valence-corrected chi connectivity index (χ0v) is 19.7. The van der Waals surface area contributed by atoms with Crippen molar-refractivity contribution in [2.75, 3.05) is 4.90 Å². The molecule has 2 aromatic heterocycles. The number of thiocarbonyl (C=S) groups is 1. The van der Waals surface area contributed by atoms with Crippen LogP contribution in [0.1, 0.15) is 34.7 Å². The number of hydrogen-bond donors (Lipinski definition) is 1. The average molecular weight is 477 g/mol. The minimum absolute atomic E-state index is 0.251. The Morgan fingerprint density at radius 3 is 2.36 bits per heavy atom. The second kappa shape index (κ2) is 8.61. The number of anilines is 1. The quantitative estimate of drug-likeness (QED) is 0.343. The van der Waals surface area contributed by atoms with Gasteiger partial charge in [-0.1, -0.05) is 41.9 Å². The normalized spacial score (nSPS) is 17.9. The van der Waals surface area contributed by atoms with Crippen LogP contribution in [0.25, 0.3) is 5.69 Å². The zero-order chi connectivity index (χ0) is 23.1. The fourth-order valence-corrected chi connectivity index (χ4v) is 5.23. The van der Waals surface area contributed by atoms with Crippen LogP contribution in [0.3, 0.4) is 0 Å². The van der Waals surface area contributed by atoms with E-state index in [-0.39, 0.29) is 17.9 Å². The maximum absolute atomic E-state index is 15.0. The Labute approximate surface area is 202 Å². The van der Waals surface area contributed by atoms with Gasteiger partial charge in [0.05, 0.1) is 34.2 Å². The summed E-state index contributed by atoms with van der Waals surface area (Å²) in [6, 6.07) is 21.8. The molecule has 0 saturated carbocycles. The van der Waals surface area contributed by atoms with E-state index in [2.05, 4.69) is 27.9 Å². The van der Waals surface area contributed by atoms with Crippen molar-refractivity contribution in [3.05, 3.63) is 112 Å². The molecule has 2 atom stereocenters. The second-order valence-electron chi connectivity index (χ2n) is 8.06. The minimum Gasteiger partial charge on any atom is -0.351 e. The fraction of sp³-hybridized carbons (Fsp3) is 0.154. The van der Waals surface area contributed by atoms with Crippen molar-refractivity contribution in [3.63, 3.8) is 0 Å². The molecule has 1 aliphatic heterocycles. The lowest BCUT2D eigenvalue weighted by Gasteiger charge is -2.28. The lowest BCUT2D eigenvalue weighted by Crippen LogP contribution is -2.30. The molecule has 0 bridgehead atoms. The van der Waals surface area contributed by atoms with Crippen LogP contribution >= 0.6 is 23.8 Å². The van der Waals surface area contributed by atoms with Gasteiger partial charge in [-0.2, -0.15) is 0 Å². The lowest BCUT2D eigenvalue weighted by molar-refractivity contribution is 0.556. The first-order valence-corrected chi connectivity index (χ1v) is 11.4. The first-order chi connectivity index (χ1) is 16.0. The van der Waals surface area contributed by atoms with Gasteiger partial charge in [0, 0.05) is 17.6 Å². The molecule has 4 aromatic rings. The van der Waals surface area contributed by atoms with Crippen LogP contribution in [0.4, 0.5) is 10.1 Å². The van der Waals surface area contributed by atoms with E-state index < -0.39 is 0 Å². The van der Waals surface area contributed by atoms with E-state index in [1.165, 1.54) is 6.07 Å². The Morgan fingerprint density at radius 1 is 0.970 bits per heavy atom. The van der Waals surface area contributed by atoms with Crippen molar-refractivity contribution in [1.29, 1.82) is 0 Å². The first-order valence-electron chi connectivity index (χ1n) is 10.7. The summed E-state index contributed by atoms with van der Waals surface area (Å²) in [5.41, 5.74) is 5.24. The maximum Gasteiger partial charge on any atom is 0.174 e. The summed E-state index contributed by atoms with van der Waals surface area (Å²) < 4.78 is 17.1. The number of nitrogens with one attached hydrogen (secondary N) is 1. The molecular weight excluding hydrogens is 455 g/mol. The molecule has 5 rings (SSSR count). The number of hydrogen-bond acceptors (Lipinski definition) is 2. The molecule has 0 unspecified atom stereocenters. The third-order valence-corrected chi connectivity index (χ3v) is 6.73. The molecule has 3 heterocycles. The Bertz CT molecular complexity index is 1340. The molecule has 166 valence electrons. The van der Waals surface area contributed by atoms with E-state index >= 15 is 0 Å². The number of aromatic nitrogens is 2. The number of aryl methyl sites for hydroxylation is 1. The number of para-hydroxylation sites is 2. The van der Waals surface area contributed by atoms with Gasteiger partial charge in [-0.15, -0.1) is 0 Å². The average Bonchev–Trinajstić information content (AvgIpc) is 3.30. The molecule has 1 saturated heterocycles. The number of benzene rings is 2. The first kappa shape index (κ1) is 21.6. The zero-order valence-electron chi connectivity index (χ0n) is 18.2. The Balaban J connectivity index is 1.71. The van der Waals surface area contributed by atoms with Gasteiger partial charge < -0.3 is 14.8 Å². The molecule has 1 fully saturated rings. The molecule has 1 N–H and O–H groups in total. The van der Waals surface area contributed by atoms with E-state index in [1.54, 1.807) is 18.3 Å². The maximum atomic E-state index is 15.0. The highest BCUT2D eigenvalue weighted by molar-refractivity contribution is 7.80. The van der Waals surface area contributed by atoms with Crippen LogP contribution in [0.2, 0.25) is 5.02 Å². The molecule has 0 aliphatic carbocycles. The van der Waals surface area contributed by atoms with Crippen molar-refractivity contribution < 1.29 is 4.39 Å². The molecular formula is C26H22ClFN4S. The van der Waals surface area contributed by atoms with Gasteiger partial charge in [0.2, 0.25) is 0 Å². The van der Waals surface area contributed by atoms with Crippen LogP contribution < -0.4 is 10.2 Å². The molecule has 1 aliphatic rings. The smallest absolute Gasteiger partial charge is 0.174 e. The monoisotopic (exact) mass is 476 g/mol. The van der Waals surface area contributed by atoms with Crippen LogP contribution in [0.15, 0.2) is 79.0 Å². The summed E-state index contributed by atoms with van der Waals surface area (Å²) >= 11 is 12.3. The predicted molar refractivity (Wildman–Crippen MR) is 135 cm³/mol. The number of rotatable bonds is 4. The van der Waals surface area contributed by atoms with Crippen LogP contribution in [-0.2, 0) is 0 Å². The van der Waals surface area contributed by atoms with Crippen molar-refractivity contribution in [3.8, 4) is 5.69 Å². The number of halogens is 2.